The van der Waals surface area contributed by atoms with Crippen molar-refractivity contribution in [1.29, 1.82) is 0 Å². The molecule has 2 aliphatic rings. The summed E-state index contributed by atoms with van der Waals surface area (Å²) in [6.07, 6.45) is 3.91. The summed E-state index contributed by atoms with van der Waals surface area (Å²) in [6.45, 7) is 3.62. The molecule has 3 N–H and O–H groups in total. The highest BCUT2D eigenvalue weighted by molar-refractivity contribution is 7.88. The van der Waals surface area contributed by atoms with Gasteiger partial charge in [-0.05, 0) is 26.3 Å². The molecule has 2 rings (SSSR count). The van der Waals surface area contributed by atoms with E-state index in [1.54, 1.807) is 13.1 Å². The van der Waals surface area contributed by atoms with E-state index < -0.39 is 21.7 Å². The Labute approximate surface area is 101 Å². The van der Waals surface area contributed by atoms with Gasteiger partial charge in [0.05, 0.1) is 0 Å². The molecule has 2 atom stereocenters. The number of hydrogen-bond donors (Lipinski definition) is 3. The van der Waals surface area contributed by atoms with Crippen LogP contribution in [-0.4, -0.2) is 33.0 Å². The maximum Gasteiger partial charge on any atom is 0.301 e. The lowest BCUT2D eigenvalue weighted by Gasteiger charge is -2.15. The highest BCUT2D eigenvalue weighted by Crippen LogP contribution is 2.44. The minimum absolute atomic E-state index is 0.0105. The Kier molecular flexibility index (Phi) is 3.01. The van der Waals surface area contributed by atoms with Gasteiger partial charge in [-0.1, -0.05) is 6.08 Å². The van der Waals surface area contributed by atoms with Crippen LogP contribution in [0, 0.1) is 5.92 Å². The van der Waals surface area contributed by atoms with Gasteiger partial charge in [0, 0.05) is 12.0 Å². The summed E-state index contributed by atoms with van der Waals surface area (Å²) in [7, 11) is -2.08. The first-order chi connectivity index (χ1) is 7.93. The third-order valence-corrected chi connectivity index (χ3v) is 4.37. The van der Waals surface area contributed by atoms with Crippen molar-refractivity contribution >= 4 is 16.1 Å². The van der Waals surface area contributed by atoms with Gasteiger partial charge < -0.3 is 5.32 Å². The molecule has 0 heterocycles. The largest absolute Gasteiger partial charge is 0.306 e. The average molecular weight is 259 g/mol. The van der Waals surface area contributed by atoms with Crippen molar-refractivity contribution in [3.05, 3.63) is 12.7 Å². The molecule has 0 spiro atoms. The molecule has 1 amide bonds. The van der Waals surface area contributed by atoms with E-state index in [4.69, 9.17) is 0 Å². The van der Waals surface area contributed by atoms with Gasteiger partial charge in [-0.3, -0.25) is 4.79 Å². The fraction of sp³-hybridized carbons (Fsp3) is 0.700. The number of amides is 1. The van der Waals surface area contributed by atoms with Gasteiger partial charge in [0.2, 0.25) is 0 Å². The summed E-state index contributed by atoms with van der Waals surface area (Å²) < 4.78 is 27.6. The Bertz CT molecular complexity index is 444. The summed E-state index contributed by atoms with van der Waals surface area (Å²) in [4.78, 5) is 11.9. The van der Waals surface area contributed by atoms with E-state index in [1.807, 2.05) is 0 Å². The lowest BCUT2D eigenvalue weighted by atomic mass is 10.2. The quantitative estimate of drug-likeness (QED) is 0.548. The van der Waals surface area contributed by atoms with E-state index in [2.05, 4.69) is 21.3 Å². The second-order valence-electron chi connectivity index (χ2n) is 4.59. The Balaban J connectivity index is 1.98. The summed E-state index contributed by atoms with van der Waals surface area (Å²) in [5.41, 5.74) is -0.806. The first-order valence-corrected chi connectivity index (χ1v) is 7.08. The SMILES string of the molecule is C=C[C@@H]1C[C@]1(NC)C(=O)NS(=O)(=O)NC1CC1. The number of carbonyl (C=O) groups excluding carboxylic acids is 1. The van der Waals surface area contributed by atoms with Gasteiger partial charge >= 0.3 is 10.2 Å². The topological polar surface area (TPSA) is 87.3 Å². The van der Waals surface area contributed by atoms with Gasteiger partial charge in [0.1, 0.15) is 5.54 Å². The van der Waals surface area contributed by atoms with Crippen LogP contribution in [0.2, 0.25) is 0 Å². The van der Waals surface area contributed by atoms with Crippen LogP contribution >= 0.6 is 0 Å². The molecule has 0 saturated heterocycles. The van der Waals surface area contributed by atoms with Crippen molar-refractivity contribution in [1.82, 2.24) is 14.8 Å². The monoisotopic (exact) mass is 259 g/mol. The third kappa shape index (κ3) is 2.51. The standard InChI is InChI=1S/C10H17N3O3S/c1-3-7-6-10(7,11-2)9(14)13-17(15,16)12-8-4-5-8/h3,7-8,11-12H,1,4-6H2,2H3,(H,13,14)/t7-,10-/m1/s1. The van der Waals surface area contributed by atoms with Crippen molar-refractivity contribution in [3.63, 3.8) is 0 Å². The van der Waals surface area contributed by atoms with Crippen LogP contribution in [0.15, 0.2) is 12.7 Å². The van der Waals surface area contributed by atoms with Gasteiger partial charge in [0.15, 0.2) is 0 Å². The molecule has 2 saturated carbocycles. The van der Waals surface area contributed by atoms with E-state index in [0.29, 0.717) is 6.42 Å². The Morgan fingerprint density at radius 1 is 1.47 bits per heavy atom. The van der Waals surface area contributed by atoms with Crippen LogP contribution in [0.3, 0.4) is 0 Å². The minimum atomic E-state index is -3.73. The highest BCUT2D eigenvalue weighted by atomic mass is 32.2. The smallest absolute Gasteiger partial charge is 0.301 e. The van der Waals surface area contributed by atoms with Crippen molar-refractivity contribution in [3.8, 4) is 0 Å². The second-order valence-corrected chi connectivity index (χ2v) is 6.04. The number of likely N-dealkylation sites (N-methyl/N-ethyl adjacent to an activating group) is 1. The molecule has 2 fully saturated rings. The molecule has 0 radical (unpaired) electrons. The molecule has 0 unspecified atom stereocenters. The van der Waals surface area contributed by atoms with E-state index in [-0.39, 0.29) is 12.0 Å². The van der Waals surface area contributed by atoms with Crippen LogP contribution in [0.25, 0.3) is 0 Å². The molecular formula is C10H17N3O3S. The third-order valence-electron chi connectivity index (χ3n) is 3.28. The van der Waals surface area contributed by atoms with Crippen LogP contribution in [-0.2, 0) is 15.0 Å². The second kappa shape index (κ2) is 4.08. The molecule has 2 aliphatic carbocycles. The maximum atomic E-state index is 11.9. The predicted molar refractivity (Wildman–Crippen MR) is 63.3 cm³/mol. The van der Waals surface area contributed by atoms with Gasteiger partial charge in [0.25, 0.3) is 5.91 Å². The average Bonchev–Trinajstić information content (AvgIpc) is 3.09. The van der Waals surface area contributed by atoms with Gasteiger partial charge in [-0.25, -0.2) is 4.72 Å². The fourth-order valence-electron chi connectivity index (χ4n) is 1.90. The Morgan fingerprint density at radius 3 is 2.53 bits per heavy atom. The summed E-state index contributed by atoms with van der Waals surface area (Å²) >= 11 is 0. The number of rotatable bonds is 6. The van der Waals surface area contributed by atoms with Crippen LogP contribution < -0.4 is 14.8 Å². The molecule has 0 aromatic rings. The highest BCUT2D eigenvalue weighted by Gasteiger charge is 2.58. The molecular weight excluding hydrogens is 242 g/mol. The summed E-state index contributed by atoms with van der Waals surface area (Å²) in [6, 6.07) is -0.0137. The molecule has 0 aromatic heterocycles. The van der Waals surface area contributed by atoms with E-state index in [0.717, 1.165) is 12.8 Å². The molecule has 0 aliphatic heterocycles. The van der Waals surface area contributed by atoms with Crippen LogP contribution in [0.4, 0.5) is 0 Å². The van der Waals surface area contributed by atoms with Gasteiger partial charge in [-0.2, -0.15) is 13.1 Å². The van der Waals surface area contributed by atoms with Crippen molar-refractivity contribution < 1.29 is 13.2 Å². The summed E-state index contributed by atoms with van der Waals surface area (Å²) in [5.74, 6) is -0.526. The normalized spacial score (nSPS) is 31.9. The molecule has 96 valence electrons. The van der Waals surface area contributed by atoms with Gasteiger partial charge in [-0.15, -0.1) is 6.58 Å². The number of carbonyl (C=O) groups is 1. The zero-order chi connectivity index (χ0) is 12.7. The van der Waals surface area contributed by atoms with Crippen molar-refractivity contribution in [2.24, 2.45) is 5.92 Å². The maximum absolute atomic E-state index is 11.9. The van der Waals surface area contributed by atoms with Crippen LogP contribution in [0.5, 0.6) is 0 Å². The first kappa shape index (κ1) is 12.5. The lowest BCUT2D eigenvalue weighted by molar-refractivity contribution is -0.122. The minimum Gasteiger partial charge on any atom is -0.306 e. The molecule has 0 aromatic carbocycles. The predicted octanol–water partition coefficient (Wildman–Crippen LogP) is -0.736. The van der Waals surface area contributed by atoms with E-state index in [1.165, 1.54) is 0 Å². The number of hydrogen-bond acceptors (Lipinski definition) is 4. The van der Waals surface area contributed by atoms with Crippen molar-refractivity contribution in [2.75, 3.05) is 7.05 Å². The van der Waals surface area contributed by atoms with Crippen molar-refractivity contribution in [2.45, 2.75) is 30.8 Å². The molecule has 0 bridgehead atoms. The fourth-order valence-corrected chi connectivity index (χ4v) is 3.06. The number of nitrogens with one attached hydrogen (secondary N) is 3. The molecule has 17 heavy (non-hydrogen) atoms. The van der Waals surface area contributed by atoms with Crippen LogP contribution in [0.1, 0.15) is 19.3 Å². The first-order valence-electron chi connectivity index (χ1n) is 5.59. The Hall–Kier alpha value is -0.920. The zero-order valence-electron chi connectivity index (χ0n) is 9.69. The lowest BCUT2D eigenvalue weighted by Crippen LogP contribution is -2.51. The van der Waals surface area contributed by atoms with E-state index in [9.17, 15) is 13.2 Å². The Morgan fingerprint density at radius 2 is 2.12 bits per heavy atom. The molecule has 6 nitrogen and oxygen atoms in total. The zero-order valence-corrected chi connectivity index (χ0v) is 10.5. The summed E-state index contributed by atoms with van der Waals surface area (Å²) in [5, 5.41) is 2.87. The molecule has 7 heteroatoms. The van der Waals surface area contributed by atoms with E-state index >= 15 is 0 Å².